The number of morpholine rings is 1. The summed E-state index contributed by atoms with van der Waals surface area (Å²) < 4.78 is 15.5. The highest BCUT2D eigenvalue weighted by Crippen LogP contribution is 2.34. The van der Waals surface area contributed by atoms with Crippen molar-refractivity contribution in [3.63, 3.8) is 0 Å². The summed E-state index contributed by atoms with van der Waals surface area (Å²) in [6.07, 6.45) is 0.832. The van der Waals surface area contributed by atoms with E-state index in [1.54, 1.807) is 27.4 Å². The van der Waals surface area contributed by atoms with Crippen molar-refractivity contribution in [1.82, 2.24) is 24.2 Å². The monoisotopic (exact) mass is 629 g/mol. The highest BCUT2D eigenvalue weighted by atomic mass is 32.2. The molecule has 0 aliphatic carbocycles. The van der Waals surface area contributed by atoms with Crippen LogP contribution in [0.3, 0.4) is 0 Å². The van der Waals surface area contributed by atoms with Gasteiger partial charge in [-0.05, 0) is 44.5 Å². The molecule has 3 heterocycles. The van der Waals surface area contributed by atoms with Crippen LogP contribution in [0, 0.1) is 6.92 Å². The Hall–Kier alpha value is -2.71. The van der Waals surface area contributed by atoms with E-state index in [-0.39, 0.29) is 12.6 Å². The van der Waals surface area contributed by atoms with Crippen LogP contribution in [0.4, 0.5) is 5.95 Å². The van der Waals surface area contributed by atoms with Gasteiger partial charge in [0.2, 0.25) is 11.9 Å². The van der Waals surface area contributed by atoms with Crippen molar-refractivity contribution in [2.24, 2.45) is 5.73 Å². The molecule has 3 aromatic rings. The number of thioether (sulfide) groups is 1. The molecule has 1 aliphatic rings. The Morgan fingerprint density at radius 1 is 1.14 bits per heavy atom. The molecular formula is C30H47N7O4SSi. The SMILES string of the molecule is CCCn1c(N(COCC[Si](C)(C)C)C(=O)c2cc(C)nn2CC)nc2cc(C(N)=O)cc(SCCN3CCOCC3)c21. The topological polar surface area (TPSA) is 121 Å². The van der Waals surface area contributed by atoms with Gasteiger partial charge < -0.3 is 19.8 Å². The first-order valence-electron chi connectivity index (χ1n) is 15.2. The second-order valence-electron chi connectivity index (χ2n) is 12.1. The molecular weight excluding hydrogens is 583 g/mol. The molecule has 2 aromatic heterocycles. The molecule has 13 heteroatoms. The number of imidazole rings is 1. The first kappa shape index (κ1) is 33.2. The summed E-state index contributed by atoms with van der Waals surface area (Å²) in [6.45, 7) is 18.9. The molecule has 2 N–H and O–H groups in total. The summed E-state index contributed by atoms with van der Waals surface area (Å²) >= 11 is 1.68. The largest absolute Gasteiger partial charge is 0.379 e. The fourth-order valence-corrected chi connectivity index (χ4v) is 6.95. The van der Waals surface area contributed by atoms with Gasteiger partial charge in [-0.1, -0.05) is 26.6 Å². The number of hydrogen-bond acceptors (Lipinski definition) is 8. The Bertz CT molecular complexity index is 1410. The van der Waals surface area contributed by atoms with Crippen LogP contribution in [0.25, 0.3) is 11.0 Å². The maximum absolute atomic E-state index is 14.2. The number of hydrogen-bond donors (Lipinski definition) is 1. The number of benzene rings is 1. The summed E-state index contributed by atoms with van der Waals surface area (Å²) in [6, 6.07) is 6.39. The average Bonchev–Trinajstić information content (AvgIpc) is 3.53. The number of nitrogens with zero attached hydrogens (tertiary/aromatic N) is 6. The Balaban J connectivity index is 1.76. The molecule has 0 atom stereocenters. The van der Waals surface area contributed by atoms with Gasteiger partial charge in [0.1, 0.15) is 12.4 Å². The molecule has 236 valence electrons. The minimum atomic E-state index is -1.33. The van der Waals surface area contributed by atoms with Crippen molar-refractivity contribution in [2.45, 2.75) is 70.9 Å². The standard InChI is InChI=1S/C30H47N7O4SSi/c1-7-9-35-27-24(19-23(28(31)38)20-26(27)42-16-12-34-10-13-40-14-11-34)32-30(35)36(21-41-15-17-43(4,5)6)29(39)25-18-22(3)33-37(25)8-2/h18-20H,7-17,21H2,1-6H3,(H2,31,38). The van der Waals surface area contributed by atoms with Crippen LogP contribution in [0.15, 0.2) is 23.1 Å². The van der Waals surface area contributed by atoms with Crippen molar-refractivity contribution < 1.29 is 19.1 Å². The summed E-state index contributed by atoms with van der Waals surface area (Å²) in [7, 11) is -1.33. The van der Waals surface area contributed by atoms with Crippen LogP contribution in [0.5, 0.6) is 0 Å². The van der Waals surface area contributed by atoms with Crippen molar-refractivity contribution in [2.75, 3.05) is 56.8 Å². The minimum Gasteiger partial charge on any atom is -0.379 e. The number of nitrogens with two attached hydrogens (primary N) is 1. The lowest BCUT2D eigenvalue weighted by Crippen LogP contribution is -2.37. The lowest BCUT2D eigenvalue weighted by molar-refractivity contribution is 0.0410. The summed E-state index contributed by atoms with van der Waals surface area (Å²) in [5, 5.41) is 4.51. The highest BCUT2D eigenvalue weighted by molar-refractivity contribution is 7.99. The molecule has 43 heavy (non-hydrogen) atoms. The molecule has 0 bridgehead atoms. The Morgan fingerprint density at radius 2 is 1.88 bits per heavy atom. The lowest BCUT2D eigenvalue weighted by atomic mass is 10.2. The molecule has 2 amide bonds. The minimum absolute atomic E-state index is 0.0620. The number of carbonyl (C=O) groups is 2. The van der Waals surface area contributed by atoms with E-state index in [2.05, 4.69) is 41.1 Å². The van der Waals surface area contributed by atoms with Crippen LogP contribution in [-0.2, 0) is 22.6 Å². The van der Waals surface area contributed by atoms with Crippen molar-refractivity contribution in [3.8, 4) is 0 Å². The molecule has 4 rings (SSSR count). The zero-order valence-electron chi connectivity index (χ0n) is 26.5. The van der Waals surface area contributed by atoms with Crippen LogP contribution in [0.1, 0.15) is 46.8 Å². The predicted octanol–water partition coefficient (Wildman–Crippen LogP) is 4.45. The fraction of sp³-hybridized carbons (Fsp3) is 0.600. The van der Waals surface area contributed by atoms with E-state index in [1.807, 2.05) is 26.0 Å². The zero-order valence-corrected chi connectivity index (χ0v) is 28.3. The van der Waals surface area contributed by atoms with Gasteiger partial charge in [-0.15, -0.1) is 11.8 Å². The predicted molar refractivity (Wildman–Crippen MR) is 175 cm³/mol. The van der Waals surface area contributed by atoms with Gasteiger partial charge in [0.25, 0.3) is 5.91 Å². The van der Waals surface area contributed by atoms with Gasteiger partial charge >= 0.3 is 0 Å². The van der Waals surface area contributed by atoms with E-state index in [9.17, 15) is 9.59 Å². The smallest absolute Gasteiger partial charge is 0.280 e. The van der Waals surface area contributed by atoms with Gasteiger partial charge in [-0.3, -0.25) is 24.1 Å². The number of primary amides is 1. The number of ether oxygens (including phenoxy) is 2. The molecule has 1 saturated heterocycles. The Morgan fingerprint density at radius 3 is 2.53 bits per heavy atom. The number of rotatable bonds is 15. The Kier molecular flexibility index (Phi) is 11.5. The van der Waals surface area contributed by atoms with E-state index in [0.29, 0.717) is 42.4 Å². The first-order chi connectivity index (χ1) is 20.5. The number of amides is 2. The molecule has 1 aliphatic heterocycles. The van der Waals surface area contributed by atoms with Crippen molar-refractivity contribution in [3.05, 3.63) is 35.2 Å². The van der Waals surface area contributed by atoms with Crippen molar-refractivity contribution >= 4 is 48.6 Å². The lowest BCUT2D eigenvalue weighted by Gasteiger charge is -2.26. The van der Waals surface area contributed by atoms with Gasteiger partial charge in [0.15, 0.2) is 0 Å². The second kappa shape index (κ2) is 14.8. The fourth-order valence-electron chi connectivity index (χ4n) is 5.06. The first-order valence-corrected chi connectivity index (χ1v) is 19.9. The van der Waals surface area contributed by atoms with Gasteiger partial charge in [0, 0.05) is 63.6 Å². The van der Waals surface area contributed by atoms with Crippen LogP contribution >= 0.6 is 11.8 Å². The average molecular weight is 630 g/mol. The molecule has 0 saturated carbocycles. The maximum Gasteiger partial charge on any atom is 0.280 e. The molecule has 0 unspecified atom stereocenters. The van der Waals surface area contributed by atoms with Gasteiger partial charge in [-0.2, -0.15) is 5.10 Å². The third-order valence-electron chi connectivity index (χ3n) is 7.41. The van der Waals surface area contributed by atoms with E-state index in [1.165, 1.54) is 0 Å². The number of carbonyl (C=O) groups excluding carboxylic acids is 2. The molecule has 1 fully saturated rings. The van der Waals surface area contributed by atoms with E-state index in [0.717, 1.165) is 67.2 Å². The molecule has 11 nitrogen and oxygen atoms in total. The number of aryl methyl sites for hydroxylation is 3. The number of fused-ring (bicyclic) bond motifs is 1. The maximum atomic E-state index is 14.2. The normalized spacial score (nSPS) is 14.5. The number of aromatic nitrogens is 4. The summed E-state index contributed by atoms with van der Waals surface area (Å²) in [4.78, 5) is 36.5. The molecule has 1 aromatic carbocycles. The third kappa shape index (κ3) is 8.47. The molecule has 0 radical (unpaired) electrons. The van der Waals surface area contributed by atoms with E-state index >= 15 is 0 Å². The van der Waals surface area contributed by atoms with Gasteiger partial charge in [-0.25, -0.2) is 4.98 Å². The second-order valence-corrected chi connectivity index (χ2v) is 18.9. The quantitative estimate of drug-likeness (QED) is 0.113. The van der Waals surface area contributed by atoms with Crippen LogP contribution in [0.2, 0.25) is 25.7 Å². The van der Waals surface area contributed by atoms with E-state index < -0.39 is 14.0 Å². The summed E-state index contributed by atoms with van der Waals surface area (Å²) in [5.74, 6) is 0.600. The van der Waals surface area contributed by atoms with E-state index in [4.69, 9.17) is 20.2 Å². The van der Waals surface area contributed by atoms with Crippen molar-refractivity contribution in [1.29, 1.82) is 0 Å². The molecule has 0 spiro atoms. The zero-order chi connectivity index (χ0) is 31.1. The highest BCUT2D eigenvalue weighted by Gasteiger charge is 2.29. The van der Waals surface area contributed by atoms with Crippen LogP contribution < -0.4 is 10.6 Å². The number of anilines is 1. The Labute approximate surface area is 260 Å². The van der Waals surface area contributed by atoms with Crippen LogP contribution in [-0.4, -0.2) is 96.1 Å². The summed E-state index contributed by atoms with van der Waals surface area (Å²) in [5.41, 5.74) is 8.96. The van der Waals surface area contributed by atoms with Gasteiger partial charge in [0.05, 0.1) is 29.9 Å². The third-order valence-corrected chi connectivity index (χ3v) is 10.1.